The number of nitrogens with zero attached hydrogens (tertiary/aromatic N) is 1. The summed E-state index contributed by atoms with van der Waals surface area (Å²) in [5.41, 5.74) is 0.593. The van der Waals surface area contributed by atoms with E-state index in [4.69, 9.17) is 4.99 Å². The Balaban J connectivity index is 2.57. The van der Waals surface area contributed by atoms with Crippen LogP contribution < -0.4 is 5.32 Å². The summed E-state index contributed by atoms with van der Waals surface area (Å²) in [6.07, 6.45) is 3.59. The minimum atomic E-state index is 0.264. The molecule has 1 saturated heterocycles. The van der Waals surface area contributed by atoms with Crippen molar-refractivity contribution in [1.82, 2.24) is 5.32 Å². The molecule has 0 radical (unpaired) electrons. The zero-order chi connectivity index (χ0) is 12.2. The molecule has 16 heavy (non-hydrogen) atoms. The van der Waals surface area contributed by atoms with Crippen molar-refractivity contribution in [3.63, 3.8) is 0 Å². The van der Waals surface area contributed by atoms with E-state index in [9.17, 15) is 0 Å². The smallest absolute Gasteiger partial charge is 0.156 e. The molecular weight excluding hydrogens is 216 g/mol. The zero-order valence-electron chi connectivity index (χ0n) is 11.4. The summed E-state index contributed by atoms with van der Waals surface area (Å²) >= 11 is 1.87. The minimum Gasteiger partial charge on any atom is -0.360 e. The molecule has 0 aliphatic carbocycles. The highest BCUT2D eigenvalue weighted by Gasteiger charge is 2.27. The quantitative estimate of drug-likeness (QED) is 0.813. The Morgan fingerprint density at radius 3 is 2.69 bits per heavy atom. The fourth-order valence-corrected chi connectivity index (χ4v) is 2.70. The first kappa shape index (κ1) is 13.9. The second-order valence-corrected chi connectivity index (χ2v) is 6.86. The predicted octanol–water partition coefficient (Wildman–Crippen LogP) is 3.67. The van der Waals surface area contributed by atoms with Crippen LogP contribution in [0.1, 0.15) is 53.9 Å². The molecule has 0 saturated carbocycles. The van der Waals surface area contributed by atoms with Crippen LogP contribution in [0.15, 0.2) is 4.99 Å². The van der Waals surface area contributed by atoms with Crippen molar-refractivity contribution in [3.8, 4) is 0 Å². The second kappa shape index (κ2) is 5.44. The van der Waals surface area contributed by atoms with Gasteiger partial charge in [-0.1, -0.05) is 39.5 Å². The average molecular weight is 242 g/mol. The molecule has 94 valence electrons. The van der Waals surface area contributed by atoms with Crippen LogP contribution in [0.4, 0.5) is 0 Å². The summed E-state index contributed by atoms with van der Waals surface area (Å²) < 4.78 is 0. The lowest BCUT2D eigenvalue weighted by molar-refractivity contribution is 0.361. The lowest BCUT2D eigenvalue weighted by Gasteiger charge is -2.35. The maximum Gasteiger partial charge on any atom is 0.156 e. The van der Waals surface area contributed by atoms with Gasteiger partial charge in [-0.05, 0) is 31.6 Å². The number of amidine groups is 1. The van der Waals surface area contributed by atoms with Crippen molar-refractivity contribution < 1.29 is 0 Å². The lowest BCUT2D eigenvalue weighted by atomic mass is 9.91. The van der Waals surface area contributed by atoms with Gasteiger partial charge >= 0.3 is 0 Å². The van der Waals surface area contributed by atoms with E-state index in [1.165, 1.54) is 25.0 Å². The molecular formula is C13H26N2S. The van der Waals surface area contributed by atoms with E-state index in [0.717, 1.165) is 11.7 Å². The van der Waals surface area contributed by atoms with Gasteiger partial charge in [-0.2, -0.15) is 0 Å². The van der Waals surface area contributed by atoms with E-state index >= 15 is 0 Å². The van der Waals surface area contributed by atoms with Gasteiger partial charge in [0.25, 0.3) is 0 Å². The van der Waals surface area contributed by atoms with E-state index in [1.54, 1.807) is 0 Å². The Hall–Kier alpha value is -0.180. The van der Waals surface area contributed by atoms with E-state index in [1.807, 2.05) is 11.8 Å². The molecule has 0 spiro atoms. The van der Waals surface area contributed by atoms with E-state index in [-0.39, 0.29) is 5.54 Å². The summed E-state index contributed by atoms with van der Waals surface area (Å²) in [6.45, 7) is 12.3. The largest absolute Gasteiger partial charge is 0.360 e. The SMILES string of the molecule is CCC(C)(C)CN=C1NC(C)(CC)CCS1. The van der Waals surface area contributed by atoms with Gasteiger partial charge in [-0.25, -0.2) is 0 Å². The Morgan fingerprint density at radius 1 is 1.44 bits per heavy atom. The van der Waals surface area contributed by atoms with Crippen LogP contribution in [0.3, 0.4) is 0 Å². The third-order valence-electron chi connectivity index (χ3n) is 3.69. The third-order valence-corrected chi connectivity index (χ3v) is 4.60. The molecule has 0 aromatic heterocycles. The molecule has 1 unspecified atom stereocenters. The number of aliphatic imine (C=N–C) groups is 1. The van der Waals surface area contributed by atoms with Crippen molar-refractivity contribution in [2.24, 2.45) is 10.4 Å². The van der Waals surface area contributed by atoms with Crippen LogP contribution in [0.2, 0.25) is 0 Å². The van der Waals surface area contributed by atoms with Gasteiger partial charge in [0.15, 0.2) is 5.17 Å². The average Bonchev–Trinajstić information content (AvgIpc) is 2.27. The number of thioether (sulfide) groups is 1. The second-order valence-electron chi connectivity index (χ2n) is 5.78. The molecule has 0 aromatic carbocycles. The van der Waals surface area contributed by atoms with Crippen LogP contribution in [-0.4, -0.2) is 23.0 Å². The first-order chi connectivity index (χ1) is 7.41. The van der Waals surface area contributed by atoms with Gasteiger partial charge < -0.3 is 5.32 Å². The number of hydrogen-bond acceptors (Lipinski definition) is 2. The van der Waals surface area contributed by atoms with Crippen LogP contribution in [-0.2, 0) is 0 Å². The van der Waals surface area contributed by atoms with Crippen LogP contribution >= 0.6 is 11.8 Å². The molecule has 1 N–H and O–H groups in total. The van der Waals surface area contributed by atoms with Crippen LogP contribution in [0, 0.1) is 5.41 Å². The van der Waals surface area contributed by atoms with Crippen molar-refractivity contribution in [2.45, 2.75) is 59.4 Å². The van der Waals surface area contributed by atoms with E-state index < -0.39 is 0 Å². The topological polar surface area (TPSA) is 24.4 Å². The minimum absolute atomic E-state index is 0.264. The highest BCUT2D eigenvalue weighted by Crippen LogP contribution is 2.26. The molecule has 1 aliphatic heterocycles. The van der Waals surface area contributed by atoms with Gasteiger partial charge in [-0.3, -0.25) is 4.99 Å². The van der Waals surface area contributed by atoms with Gasteiger partial charge in [0.1, 0.15) is 0 Å². The summed E-state index contributed by atoms with van der Waals surface area (Å²) in [5.74, 6) is 1.20. The number of hydrogen-bond donors (Lipinski definition) is 1. The summed E-state index contributed by atoms with van der Waals surface area (Å²) in [5, 5.41) is 4.74. The van der Waals surface area contributed by atoms with Crippen molar-refractivity contribution in [3.05, 3.63) is 0 Å². The monoisotopic (exact) mass is 242 g/mol. The molecule has 0 bridgehead atoms. The molecule has 1 fully saturated rings. The van der Waals surface area contributed by atoms with Gasteiger partial charge in [0.2, 0.25) is 0 Å². The molecule has 1 aliphatic rings. The summed E-state index contributed by atoms with van der Waals surface area (Å²) in [6, 6.07) is 0. The Bertz CT molecular complexity index is 261. The van der Waals surface area contributed by atoms with Gasteiger partial charge in [0, 0.05) is 17.8 Å². The summed E-state index contributed by atoms with van der Waals surface area (Å²) in [7, 11) is 0. The Morgan fingerprint density at radius 2 is 2.12 bits per heavy atom. The molecule has 0 aromatic rings. The van der Waals surface area contributed by atoms with Crippen LogP contribution in [0.25, 0.3) is 0 Å². The zero-order valence-corrected chi connectivity index (χ0v) is 12.2. The first-order valence-corrected chi connectivity index (χ1v) is 7.35. The molecule has 1 atom stereocenters. The highest BCUT2D eigenvalue weighted by atomic mass is 32.2. The number of rotatable bonds is 4. The predicted molar refractivity (Wildman–Crippen MR) is 75.3 cm³/mol. The van der Waals surface area contributed by atoms with Crippen LogP contribution in [0.5, 0.6) is 0 Å². The molecule has 1 heterocycles. The molecule has 1 rings (SSSR count). The molecule has 3 heteroatoms. The van der Waals surface area contributed by atoms with Gasteiger partial charge in [-0.15, -0.1) is 0 Å². The van der Waals surface area contributed by atoms with E-state index in [0.29, 0.717) is 5.41 Å². The van der Waals surface area contributed by atoms with Crippen molar-refractivity contribution >= 4 is 16.9 Å². The van der Waals surface area contributed by atoms with Crippen molar-refractivity contribution in [1.29, 1.82) is 0 Å². The first-order valence-electron chi connectivity index (χ1n) is 6.36. The van der Waals surface area contributed by atoms with Gasteiger partial charge in [0.05, 0.1) is 0 Å². The van der Waals surface area contributed by atoms with E-state index in [2.05, 4.69) is 39.9 Å². The Labute approximate surface area is 105 Å². The fraction of sp³-hybridized carbons (Fsp3) is 0.923. The Kier molecular flexibility index (Phi) is 4.72. The third kappa shape index (κ3) is 4.00. The number of nitrogens with one attached hydrogen (secondary N) is 1. The maximum atomic E-state index is 4.74. The standard InChI is InChI=1S/C13H26N2S/c1-6-12(3,4)10-14-11-15-13(5,7-2)8-9-16-11/h6-10H2,1-5H3,(H,14,15). The van der Waals surface area contributed by atoms with Crippen molar-refractivity contribution in [2.75, 3.05) is 12.3 Å². The highest BCUT2D eigenvalue weighted by molar-refractivity contribution is 8.13. The summed E-state index contributed by atoms with van der Waals surface area (Å²) in [4.78, 5) is 4.74. The maximum absolute atomic E-state index is 4.74. The molecule has 0 amide bonds. The lowest BCUT2D eigenvalue weighted by Crippen LogP contribution is -2.48. The normalized spacial score (nSPS) is 29.2. The molecule has 2 nitrogen and oxygen atoms in total. The fourth-order valence-electron chi connectivity index (χ4n) is 1.48.